The third-order valence-corrected chi connectivity index (χ3v) is 10.8. The number of nitrogen functional groups attached to an aromatic ring is 3. The lowest BCUT2D eigenvalue weighted by Gasteiger charge is -2.01. The van der Waals surface area contributed by atoms with Gasteiger partial charge in [-0.2, -0.15) is 0 Å². The highest BCUT2D eigenvalue weighted by atomic mass is 15.4. The summed E-state index contributed by atoms with van der Waals surface area (Å²) in [7, 11) is 0. The Morgan fingerprint density at radius 1 is 0.500 bits per heavy atom. The van der Waals surface area contributed by atoms with Crippen molar-refractivity contribution in [2.24, 2.45) is 0 Å². The van der Waals surface area contributed by atoms with Crippen LogP contribution in [0.3, 0.4) is 0 Å². The van der Waals surface area contributed by atoms with Gasteiger partial charge < -0.3 is 32.2 Å². The van der Waals surface area contributed by atoms with Crippen molar-refractivity contribution < 1.29 is 0 Å². The fourth-order valence-corrected chi connectivity index (χ4v) is 7.44. The highest BCUT2D eigenvalue weighted by Gasteiger charge is 2.07. The molecule has 7 aromatic heterocycles. The van der Waals surface area contributed by atoms with Gasteiger partial charge in [0.25, 0.3) is 0 Å². The van der Waals surface area contributed by atoms with Crippen LogP contribution in [0.2, 0.25) is 0 Å². The summed E-state index contributed by atoms with van der Waals surface area (Å²) in [5, 5.41) is 32.9. The number of rotatable bonds is 18. The van der Waals surface area contributed by atoms with Crippen molar-refractivity contribution in [2.45, 2.75) is 79.1 Å². The van der Waals surface area contributed by atoms with Crippen LogP contribution >= 0.6 is 0 Å². The van der Waals surface area contributed by atoms with Crippen molar-refractivity contribution >= 4 is 36.1 Å². The summed E-state index contributed by atoms with van der Waals surface area (Å²) < 4.78 is 7.42. The van der Waals surface area contributed by atoms with Gasteiger partial charge >= 0.3 is 0 Å². The maximum Gasteiger partial charge on any atom is 0.197 e. The van der Waals surface area contributed by atoms with Gasteiger partial charge in [0, 0.05) is 61.5 Å². The monoisotopic (exact) mass is 994 g/mol. The zero-order chi connectivity index (χ0) is 51.7. The van der Waals surface area contributed by atoms with Crippen LogP contribution in [-0.4, -0.2) is 89.9 Å². The van der Waals surface area contributed by atoms with E-state index in [0.29, 0.717) is 30.8 Å². The fraction of sp³-hybridized carbons (Fsp3) is 0.226. The molecular formula is C53H63N21. The smallest absolute Gasteiger partial charge is 0.197 e. The van der Waals surface area contributed by atoms with Crippen molar-refractivity contribution in [1.82, 2.24) is 89.9 Å². The summed E-state index contributed by atoms with van der Waals surface area (Å²) >= 11 is 0. The number of allylic oxidation sites excluding steroid dienone is 3. The van der Waals surface area contributed by atoms with Crippen LogP contribution in [-0.2, 0) is 51.9 Å². The third-order valence-electron chi connectivity index (χ3n) is 10.8. The van der Waals surface area contributed by atoms with E-state index < -0.39 is 0 Å². The van der Waals surface area contributed by atoms with Crippen molar-refractivity contribution in [3.63, 3.8) is 0 Å². The zero-order valence-electron chi connectivity index (χ0n) is 41.9. The zero-order valence-corrected chi connectivity index (χ0v) is 41.9. The minimum atomic E-state index is 0.420. The Labute approximate surface area is 429 Å². The molecule has 10 aromatic rings. The largest absolute Gasteiger partial charge is 0.369 e. The maximum atomic E-state index is 5.56. The van der Waals surface area contributed by atoms with Gasteiger partial charge in [0.15, 0.2) is 17.8 Å². The van der Waals surface area contributed by atoms with E-state index in [2.05, 4.69) is 147 Å². The molecule has 0 fully saturated rings. The Morgan fingerprint density at radius 2 is 0.973 bits per heavy atom. The molecule has 0 saturated carbocycles. The van der Waals surface area contributed by atoms with E-state index in [9.17, 15) is 0 Å². The number of benzene rings is 3. The minimum Gasteiger partial charge on any atom is -0.369 e. The van der Waals surface area contributed by atoms with Crippen LogP contribution in [0, 0.1) is 0 Å². The van der Waals surface area contributed by atoms with Crippen molar-refractivity contribution in [3.8, 4) is 0 Å². The molecule has 0 spiro atoms. The van der Waals surface area contributed by atoms with Gasteiger partial charge in [-0.3, -0.25) is 4.68 Å². The second-order valence-electron chi connectivity index (χ2n) is 17.4. The molecule has 0 aliphatic rings. The predicted molar refractivity (Wildman–Crippen MR) is 288 cm³/mol. The van der Waals surface area contributed by atoms with E-state index >= 15 is 0 Å². The predicted octanol–water partition coefficient (Wildman–Crippen LogP) is 7.35. The molecule has 7 heterocycles. The third kappa shape index (κ3) is 18.7. The average Bonchev–Trinajstić information content (AvgIpc) is 4.27. The number of nitrogens with zero attached hydrogens (tertiary/aromatic N) is 15. The van der Waals surface area contributed by atoms with Crippen molar-refractivity contribution in [3.05, 3.63) is 209 Å². The van der Waals surface area contributed by atoms with Gasteiger partial charge in [-0.15, -0.1) is 20.4 Å². The molecule has 74 heavy (non-hydrogen) atoms. The number of anilines is 3. The molecule has 3 aromatic carbocycles. The number of aromatic nitrogens is 18. The Bertz CT molecular complexity index is 3210. The highest BCUT2D eigenvalue weighted by molar-refractivity contribution is 5.53. The summed E-state index contributed by atoms with van der Waals surface area (Å²) in [5.74, 6) is 1.34. The lowest BCUT2D eigenvalue weighted by Crippen LogP contribution is -2.01. The molecule has 0 radical (unpaired) electrons. The van der Waals surface area contributed by atoms with E-state index in [1.54, 1.807) is 31.0 Å². The Morgan fingerprint density at radius 3 is 1.39 bits per heavy atom. The van der Waals surface area contributed by atoms with Crippen LogP contribution in [0.1, 0.15) is 72.4 Å². The lowest BCUT2D eigenvalue weighted by molar-refractivity contribution is 0.555. The molecule has 10 rings (SSSR count). The molecular weight excluding hydrogens is 931 g/mol. The van der Waals surface area contributed by atoms with Gasteiger partial charge in [0.2, 0.25) is 0 Å². The molecule has 0 unspecified atom stereocenters. The van der Waals surface area contributed by atoms with Gasteiger partial charge in [-0.05, 0) is 63.1 Å². The van der Waals surface area contributed by atoms with Gasteiger partial charge in [-0.1, -0.05) is 147 Å². The SMILES string of the molecule is C/C(=C\c1ccccc1)Cn1cc(CCCn2ccnn2)nn1.C/C(=C\c1ccccc1)Cn1cc(CCc2cnc(N)[nH]2)nn1.C/C(=C\c1ccccc1)Cn1cc(Cc2cnc(N)[nH]2)nn1.Nc1ncc[nH]1. The number of aromatic amines is 3. The Kier molecular flexibility index (Phi) is 19.6. The summed E-state index contributed by atoms with van der Waals surface area (Å²) in [6.45, 7) is 9.35. The maximum absolute atomic E-state index is 5.56. The molecule has 21 nitrogen and oxygen atoms in total. The van der Waals surface area contributed by atoms with Gasteiger partial charge in [0.05, 0.1) is 55.3 Å². The molecule has 9 N–H and O–H groups in total. The van der Waals surface area contributed by atoms with Crippen LogP contribution in [0.5, 0.6) is 0 Å². The summed E-state index contributed by atoms with van der Waals surface area (Å²) in [6, 6.07) is 30.8. The lowest BCUT2D eigenvalue weighted by atomic mass is 10.1. The molecule has 0 aliphatic heterocycles. The van der Waals surface area contributed by atoms with E-state index in [0.717, 1.165) is 73.8 Å². The number of nitrogens with two attached hydrogens (primary N) is 3. The van der Waals surface area contributed by atoms with Gasteiger partial charge in [-0.25, -0.2) is 29.0 Å². The molecule has 380 valence electrons. The number of hydrogen-bond acceptors (Lipinski definition) is 14. The van der Waals surface area contributed by atoms with Crippen LogP contribution in [0.4, 0.5) is 17.8 Å². The molecule has 0 aliphatic carbocycles. The van der Waals surface area contributed by atoms with E-state index in [1.807, 2.05) is 98.1 Å². The first-order valence-corrected chi connectivity index (χ1v) is 24.1. The average molecular weight is 994 g/mol. The van der Waals surface area contributed by atoms with E-state index in [-0.39, 0.29) is 0 Å². The second-order valence-corrected chi connectivity index (χ2v) is 17.4. The van der Waals surface area contributed by atoms with Crippen LogP contribution in [0.15, 0.2) is 163 Å². The summed E-state index contributed by atoms with van der Waals surface area (Å²) in [4.78, 5) is 20.3. The molecule has 0 atom stereocenters. The van der Waals surface area contributed by atoms with Crippen LogP contribution in [0.25, 0.3) is 18.2 Å². The van der Waals surface area contributed by atoms with Gasteiger partial charge in [0.1, 0.15) is 0 Å². The summed E-state index contributed by atoms with van der Waals surface area (Å²) in [5.41, 5.74) is 28.3. The number of aryl methyl sites for hydroxylation is 4. The second kappa shape index (κ2) is 27.8. The van der Waals surface area contributed by atoms with E-state index in [1.165, 1.54) is 33.4 Å². The highest BCUT2D eigenvalue weighted by Crippen LogP contribution is 2.13. The Balaban J connectivity index is 0.000000153. The number of imidazole rings is 3. The minimum absolute atomic E-state index is 0.420. The number of H-pyrrole nitrogens is 3. The first-order chi connectivity index (χ1) is 36.1. The Hall–Kier alpha value is -9.53. The fourth-order valence-electron chi connectivity index (χ4n) is 7.44. The number of nitrogens with one attached hydrogen (secondary N) is 3. The molecule has 21 heteroatoms. The first-order valence-electron chi connectivity index (χ1n) is 24.1. The topological polar surface area (TPSA) is 287 Å². The molecule has 0 saturated heterocycles. The summed E-state index contributed by atoms with van der Waals surface area (Å²) in [6.07, 6.45) is 26.9. The van der Waals surface area contributed by atoms with Crippen molar-refractivity contribution in [1.29, 1.82) is 0 Å². The standard InChI is InChI=1S/2C17H20N6.C16H18N6.C3H5N3/c1-15(12-16-6-3-2-4-7-16)13-23-14-17(19-21-23)8-5-10-22-11-9-18-20-22;1-13(9-14-5-3-2-4-6-14)11-23-12-16(21-22-23)8-7-15-10-19-17(18)20-15;1-12(7-13-5-3-2-4-6-13)10-22-11-15(20-21-22)8-14-9-18-16(17)19-14;4-3-5-1-2-6-3/h2-4,6-7,9,11-12,14H,5,8,10,13H2,1H3;2-6,9-10,12H,7-8,11H2,1H3,(H3,18,19,20);2-7,9,11H,8,10H2,1H3,(H3,17,18,19);1-2H,(H3,4,5,6)/b15-12+;13-9+;12-7+;. The molecule has 0 bridgehead atoms. The normalized spacial score (nSPS) is 11.5. The number of hydrogen-bond donors (Lipinski definition) is 6. The van der Waals surface area contributed by atoms with Crippen molar-refractivity contribution in [2.75, 3.05) is 17.2 Å². The first kappa shape index (κ1) is 52.3. The molecule has 0 amide bonds. The quantitative estimate of drug-likeness (QED) is 0.0490. The van der Waals surface area contributed by atoms with E-state index in [4.69, 9.17) is 17.2 Å². The van der Waals surface area contributed by atoms with Crippen LogP contribution < -0.4 is 17.2 Å².